The topological polar surface area (TPSA) is 288 Å². The fourth-order valence-electron chi connectivity index (χ4n) is 9.22. The number of likely N-dealkylation sites (tertiary alicyclic amines) is 1. The van der Waals surface area contributed by atoms with E-state index in [9.17, 15) is 38.7 Å². The number of carboxylic acid groups (broad SMARTS) is 3. The number of nitrogens with one attached hydrogen (secondary N) is 2. The molecule has 9 atom stereocenters. The number of carbonyl (C=O) groups is 7. The average Bonchev–Trinajstić information content (AvgIpc) is 2.31. The van der Waals surface area contributed by atoms with E-state index in [0.717, 1.165) is 24.9 Å². The molecule has 3 amide bonds. The number of esters is 1. The van der Waals surface area contributed by atoms with Crippen molar-refractivity contribution in [1.82, 2.24) is 15.5 Å². The largest absolute Gasteiger partial charge is 0.625 e. The van der Waals surface area contributed by atoms with Gasteiger partial charge in [-0.05, 0) is 105 Å². The molecule has 7 N–H and O–H groups in total. The predicted molar refractivity (Wildman–Crippen MR) is 319 cm³/mol. The van der Waals surface area contributed by atoms with E-state index in [1.807, 2.05) is 66.7 Å². The summed E-state index contributed by atoms with van der Waals surface area (Å²) in [5.74, 6) is -4.14. The van der Waals surface area contributed by atoms with E-state index in [2.05, 4.69) is 73.1 Å². The van der Waals surface area contributed by atoms with E-state index in [1.165, 1.54) is 18.1 Å². The molecule has 5 fully saturated rings. The van der Waals surface area contributed by atoms with Gasteiger partial charge >= 0.3 is 36.1 Å². The Kier molecular flexibility index (Phi) is 25.7. The van der Waals surface area contributed by atoms with E-state index < -0.39 is 69.4 Å². The Hall–Kier alpha value is -7.41. The van der Waals surface area contributed by atoms with Gasteiger partial charge in [-0.15, -0.1) is 32.0 Å². The zero-order valence-corrected chi connectivity index (χ0v) is 50.8. The zero-order chi connectivity index (χ0) is 62.1. The number of ether oxygens (including phenoxy) is 3. The number of hydrogen-bond donors (Lipinski definition) is 6. The smallest absolute Gasteiger partial charge is 0.408 e. The van der Waals surface area contributed by atoms with Crippen LogP contribution < -0.4 is 16.4 Å². The number of benzene rings is 3. The summed E-state index contributed by atoms with van der Waals surface area (Å²) >= 11 is 0. The third-order valence-electron chi connectivity index (χ3n) is 14.1. The van der Waals surface area contributed by atoms with Gasteiger partial charge in [-0.3, -0.25) is 14.7 Å². The quantitative estimate of drug-likeness (QED) is 0.0227. The van der Waals surface area contributed by atoms with Crippen molar-refractivity contribution >= 4 is 53.4 Å². The van der Waals surface area contributed by atoms with Crippen LogP contribution in [0.5, 0.6) is 0 Å². The van der Waals surface area contributed by atoms with Gasteiger partial charge in [0.25, 0.3) is 0 Å². The number of rotatable bonds is 18. The third kappa shape index (κ3) is 19.1. The van der Waals surface area contributed by atoms with Gasteiger partial charge in [-0.1, -0.05) is 130 Å². The van der Waals surface area contributed by atoms with Crippen LogP contribution in [0.1, 0.15) is 124 Å². The summed E-state index contributed by atoms with van der Waals surface area (Å²) in [5, 5.41) is 37.1. The van der Waals surface area contributed by atoms with Crippen LogP contribution in [0.3, 0.4) is 0 Å². The number of nitrogens with two attached hydrogens (primary N) is 1. The number of alkyl carbamates (subject to hydrolysis) is 2. The van der Waals surface area contributed by atoms with Crippen LogP contribution in [-0.2, 0) is 61.2 Å². The predicted octanol–water partition coefficient (Wildman–Crippen LogP) is 10.7. The van der Waals surface area contributed by atoms with Gasteiger partial charge in [0, 0.05) is 52.3 Å². The van der Waals surface area contributed by atoms with Gasteiger partial charge in [0.05, 0.1) is 24.3 Å². The van der Waals surface area contributed by atoms with Crippen molar-refractivity contribution in [2.24, 2.45) is 34.4 Å². The van der Waals surface area contributed by atoms with Gasteiger partial charge in [0.15, 0.2) is 5.54 Å². The molecule has 1 aliphatic heterocycles. The molecular weight excluding hydrogens is 1120 g/mol. The molecule has 4 saturated carbocycles. The van der Waals surface area contributed by atoms with Gasteiger partial charge < -0.3 is 56.0 Å². The zero-order valence-electron chi connectivity index (χ0n) is 49.8. The molecule has 1 saturated heterocycles. The van der Waals surface area contributed by atoms with Crippen molar-refractivity contribution in [2.75, 3.05) is 13.2 Å². The molecule has 460 valence electrons. The first-order chi connectivity index (χ1) is 39.0. The summed E-state index contributed by atoms with van der Waals surface area (Å²) < 4.78 is 15.1. The minimum absolute atomic E-state index is 0. The molecule has 3 aromatic carbocycles. The summed E-state index contributed by atoms with van der Waals surface area (Å²) in [6.45, 7) is 32.7. The molecule has 1 unspecified atom stereocenters. The average molecular weight is 1210 g/mol. The van der Waals surface area contributed by atoms with Crippen molar-refractivity contribution < 1.29 is 79.6 Å². The van der Waals surface area contributed by atoms with Gasteiger partial charge in [0.2, 0.25) is 0 Å². The molecule has 20 heteroatoms. The van der Waals surface area contributed by atoms with Gasteiger partial charge in [-0.2, -0.15) is 0 Å². The second-order valence-corrected chi connectivity index (χ2v) is 23.1. The summed E-state index contributed by atoms with van der Waals surface area (Å²) in [7, 11) is 0. The summed E-state index contributed by atoms with van der Waals surface area (Å²) in [6.07, 6.45) is 9.87. The Bertz CT molecular complexity index is 2850. The normalized spacial score (nSPS) is 25.7. The molecule has 84 heavy (non-hydrogen) atoms. The maximum atomic E-state index is 13.5. The number of amides is 3. The molecule has 0 bridgehead atoms. The van der Waals surface area contributed by atoms with Crippen LogP contribution >= 0.6 is 0 Å². The second-order valence-electron chi connectivity index (χ2n) is 23.1. The van der Waals surface area contributed by atoms with Crippen molar-refractivity contribution in [1.29, 1.82) is 0 Å². The molecule has 8 rings (SSSR count). The van der Waals surface area contributed by atoms with E-state index in [1.54, 1.807) is 72.8 Å². The van der Waals surface area contributed by atoms with Crippen molar-refractivity contribution in [3.05, 3.63) is 158 Å². The van der Waals surface area contributed by atoms with Crippen LogP contribution in [0.15, 0.2) is 141 Å². The maximum absolute atomic E-state index is 13.5. The van der Waals surface area contributed by atoms with Crippen LogP contribution in [-0.4, -0.2) is 120 Å². The van der Waals surface area contributed by atoms with Crippen LogP contribution in [0.25, 0.3) is 5.32 Å². The number of aliphatic imine (C=N–C) groups is 1. The first-order valence-electron chi connectivity index (χ1n) is 28.0. The maximum Gasteiger partial charge on any atom is 0.408 e. The standard InChI is InChI=1S/C31H31N3O3.C13H21NO4.C11H17NO4.C6H9NO2.C3H8.Ni/c1-2-24-20-31(24,30(36)37)33-28(23-14-7-4-8-15-23)25-16-9-10-17-26(25)32-29(35)27-18-11-19-34(27)21-22-12-5-3-6-13-22;1-6-9-8-13(9,10(15)17-7-2)14-11(16)18-12(3,4)5;1-5-7-6-11(7,8(13)14)12-9(15)16-10(2,3)4;1-2-4-3-6(4,7)5(8)9;1-3-2;/h2-10,12-17,24,27H,1,11,18-21H2,(H2,32,33,35,36,37);6,9H,1,7-8H2,2-5H3,(H,14,16);5,7H,1,6H2,2-4H3,(H,12,15)(H,13,14);2,4H,1,3,7H2,(H,8,9);3H2,1-2H3;/p-1/t24-,27?,31-;9-,13-;7-,11-;4-,6-;;/m1000../s1. The van der Waals surface area contributed by atoms with E-state index in [-0.39, 0.29) is 58.7 Å². The molecule has 1 heterocycles. The number of hydrogen-bond acceptors (Lipinski definition) is 13. The SMILES string of the molecule is C=C[C@@H]1C[C@]1(N=C(c1ccccc1)c1ccccc1[N-]C(=O)C1CCCN1Cc1ccccc1)C(=O)O.C=C[C@H]1C[C@@]1(N)C(=O)O.C=C[C@H]1C[C@@]1(NC(=O)OC(C)(C)C)C(=O)O.C=C[C@H]1C[C@@]1(NC(=O)OC(C)(C)C)C(=O)OCC.CCC.[Ni]. The van der Waals surface area contributed by atoms with E-state index in [4.69, 9.17) is 35.1 Å². The van der Waals surface area contributed by atoms with E-state index in [0.29, 0.717) is 49.2 Å². The Morgan fingerprint density at radius 1 is 0.679 bits per heavy atom. The Balaban J connectivity index is 0.000000328. The van der Waals surface area contributed by atoms with Gasteiger partial charge in [-0.25, -0.2) is 24.0 Å². The number of para-hydroxylation sites is 1. The Morgan fingerprint density at radius 2 is 1.17 bits per heavy atom. The fourth-order valence-corrected chi connectivity index (χ4v) is 9.22. The third-order valence-corrected chi connectivity index (χ3v) is 14.1. The van der Waals surface area contributed by atoms with Crippen LogP contribution in [0.2, 0.25) is 0 Å². The first-order valence-corrected chi connectivity index (χ1v) is 28.0. The number of nitrogens with zero attached hydrogens (tertiary/aromatic N) is 3. The minimum Gasteiger partial charge on any atom is -0.625 e. The molecular formula is C64H85N6NiO13-. The molecule has 0 spiro atoms. The second kappa shape index (κ2) is 30.4. The summed E-state index contributed by atoms with van der Waals surface area (Å²) in [6, 6.07) is 26.7. The van der Waals surface area contributed by atoms with Crippen molar-refractivity contribution in [3.63, 3.8) is 0 Å². The van der Waals surface area contributed by atoms with Crippen molar-refractivity contribution in [3.8, 4) is 0 Å². The number of carboxylic acids is 3. The molecule has 0 aromatic heterocycles. The molecule has 4 aliphatic carbocycles. The number of aliphatic carboxylic acids is 3. The van der Waals surface area contributed by atoms with Crippen molar-refractivity contribution in [2.45, 2.75) is 153 Å². The molecule has 5 aliphatic rings. The molecule has 0 radical (unpaired) electrons. The Labute approximate surface area is 504 Å². The van der Waals surface area contributed by atoms with Gasteiger partial charge in [0.1, 0.15) is 27.8 Å². The number of carbonyl (C=O) groups excluding carboxylic acids is 4. The van der Waals surface area contributed by atoms with Crippen LogP contribution in [0.4, 0.5) is 15.3 Å². The monoisotopic (exact) mass is 1200 g/mol. The first kappa shape index (κ1) is 70.9. The van der Waals surface area contributed by atoms with Crippen LogP contribution in [0, 0.1) is 23.7 Å². The summed E-state index contributed by atoms with van der Waals surface area (Å²) in [4.78, 5) is 89.0. The van der Waals surface area contributed by atoms with E-state index >= 15 is 0 Å². The summed E-state index contributed by atoms with van der Waals surface area (Å²) in [5.41, 5.74) is 3.31. The molecule has 19 nitrogen and oxygen atoms in total. The molecule has 3 aromatic rings. The minimum atomic E-state index is -1.25. The Morgan fingerprint density at radius 3 is 1.60 bits per heavy atom. The fraction of sp³-hybridized carbons (Fsp3) is 0.469.